The molecule has 0 unspecified atom stereocenters. The molecule has 0 radical (unpaired) electrons. The van der Waals surface area contributed by atoms with Crippen LogP contribution < -0.4 is 5.32 Å². The molecule has 92 valence electrons. The molecule has 2 rings (SSSR count). The Morgan fingerprint density at radius 1 is 1.41 bits per heavy atom. The van der Waals surface area contributed by atoms with Gasteiger partial charge in [0.15, 0.2) is 0 Å². The van der Waals surface area contributed by atoms with Crippen LogP contribution in [0, 0.1) is 5.41 Å². The lowest BCUT2D eigenvalue weighted by Gasteiger charge is -2.11. The number of thioether (sulfide) groups is 1. The first-order valence-electron chi connectivity index (χ1n) is 5.73. The number of carboxylic acids is 1. The maximum absolute atomic E-state index is 11.0. The quantitative estimate of drug-likeness (QED) is 0.762. The minimum atomic E-state index is -0.664. The van der Waals surface area contributed by atoms with Gasteiger partial charge >= 0.3 is 5.97 Å². The first-order valence-corrected chi connectivity index (χ1v) is 6.96. The highest BCUT2D eigenvalue weighted by Gasteiger charge is 2.49. The number of aliphatic carboxylic acids is 1. The number of nitrogens with one attached hydrogen (secondary N) is 1. The summed E-state index contributed by atoms with van der Waals surface area (Å²) in [6, 6.07) is 8.34. The van der Waals surface area contributed by atoms with Crippen LogP contribution in [0.5, 0.6) is 0 Å². The predicted octanol–water partition coefficient (Wildman–Crippen LogP) is 2.36. The number of rotatable bonds is 6. The van der Waals surface area contributed by atoms with Crippen molar-refractivity contribution in [3.63, 3.8) is 0 Å². The van der Waals surface area contributed by atoms with Crippen LogP contribution in [0.3, 0.4) is 0 Å². The van der Waals surface area contributed by atoms with E-state index in [2.05, 4.69) is 35.8 Å². The molecule has 0 saturated heterocycles. The highest BCUT2D eigenvalue weighted by atomic mass is 32.2. The zero-order chi connectivity index (χ0) is 12.3. The molecule has 0 spiro atoms. The molecule has 0 bridgehead atoms. The largest absolute Gasteiger partial charge is 0.481 e. The van der Waals surface area contributed by atoms with Gasteiger partial charge in [-0.25, -0.2) is 0 Å². The van der Waals surface area contributed by atoms with Crippen molar-refractivity contribution in [2.24, 2.45) is 5.41 Å². The zero-order valence-corrected chi connectivity index (χ0v) is 10.7. The van der Waals surface area contributed by atoms with Gasteiger partial charge in [-0.15, -0.1) is 11.8 Å². The van der Waals surface area contributed by atoms with E-state index in [9.17, 15) is 4.79 Å². The van der Waals surface area contributed by atoms with E-state index in [1.807, 2.05) is 0 Å². The van der Waals surface area contributed by atoms with Crippen molar-refractivity contribution >= 4 is 17.7 Å². The van der Waals surface area contributed by atoms with E-state index >= 15 is 0 Å². The summed E-state index contributed by atoms with van der Waals surface area (Å²) < 4.78 is 0. The summed E-state index contributed by atoms with van der Waals surface area (Å²) in [6.45, 7) is 1.32. The highest BCUT2D eigenvalue weighted by molar-refractivity contribution is 7.98. The fourth-order valence-corrected chi connectivity index (χ4v) is 2.21. The summed E-state index contributed by atoms with van der Waals surface area (Å²) in [5, 5.41) is 12.3. The topological polar surface area (TPSA) is 49.3 Å². The van der Waals surface area contributed by atoms with Gasteiger partial charge in [0.25, 0.3) is 0 Å². The van der Waals surface area contributed by atoms with Gasteiger partial charge in [0.05, 0.1) is 5.41 Å². The molecule has 4 heteroatoms. The average Bonchev–Trinajstić information content (AvgIpc) is 3.11. The Hall–Kier alpha value is -1.00. The Balaban J connectivity index is 1.80. The van der Waals surface area contributed by atoms with Crippen molar-refractivity contribution in [2.45, 2.75) is 24.3 Å². The maximum Gasteiger partial charge on any atom is 0.310 e. The molecule has 0 aliphatic heterocycles. The van der Waals surface area contributed by atoms with Crippen LogP contribution in [-0.4, -0.2) is 23.9 Å². The van der Waals surface area contributed by atoms with E-state index in [0.29, 0.717) is 6.54 Å². The third kappa shape index (κ3) is 3.01. The van der Waals surface area contributed by atoms with Gasteiger partial charge in [0.2, 0.25) is 0 Å². The maximum atomic E-state index is 11.0. The van der Waals surface area contributed by atoms with Crippen LogP contribution in [0.1, 0.15) is 18.4 Å². The van der Waals surface area contributed by atoms with Gasteiger partial charge in [0, 0.05) is 18.0 Å². The molecular formula is C13H17NO2S. The smallest absolute Gasteiger partial charge is 0.310 e. The number of carbonyl (C=O) groups is 1. The van der Waals surface area contributed by atoms with Crippen LogP contribution in [0.4, 0.5) is 0 Å². The second-order valence-electron chi connectivity index (χ2n) is 4.54. The Morgan fingerprint density at radius 3 is 2.53 bits per heavy atom. The van der Waals surface area contributed by atoms with Crippen LogP contribution >= 0.6 is 11.8 Å². The Morgan fingerprint density at radius 2 is 2.06 bits per heavy atom. The van der Waals surface area contributed by atoms with Crippen LogP contribution in [-0.2, 0) is 11.3 Å². The third-order valence-corrected chi connectivity index (χ3v) is 4.00. The molecule has 0 heterocycles. The number of hydrogen-bond donors (Lipinski definition) is 2. The standard InChI is InChI=1S/C13H17NO2S/c1-17-11-4-2-10(3-5-11)8-14-9-13(6-7-13)12(15)16/h2-5,14H,6-9H2,1H3,(H,15,16). The fourth-order valence-electron chi connectivity index (χ4n) is 1.81. The molecule has 0 aromatic heterocycles. The SMILES string of the molecule is CSc1ccc(CNCC2(C(=O)O)CC2)cc1. The average molecular weight is 251 g/mol. The fraction of sp³-hybridized carbons (Fsp3) is 0.462. The van der Waals surface area contributed by atoms with Crippen molar-refractivity contribution in [2.75, 3.05) is 12.8 Å². The molecule has 17 heavy (non-hydrogen) atoms. The van der Waals surface area contributed by atoms with Crippen LogP contribution in [0.2, 0.25) is 0 Å². The Labute approximate surface area is 106 Å². The molecule has 1 aromatic rings. The van der Waals surface area contributed by atoms with Crippen molar-refractivity contribution in [3.05, 3.63) is 29.8 Å². The number of hydrogen-bond acceptors (Lipinski definition) is 3. The molecule has 1 aliphatic carbocycles. The van der Waals surface area contributed by atoms with E-state index in [1.165, 1.54) is 10.5 Å². The van der Waals surface area contributed by atoms with E-state index < -0.39 is 11.4 Å². The van der Waals surface area contributed by atoms with Gasteiger partial charge < -0.3 is 10.4 Å². The monoisotopic (exact) mass is 251 g/mol. The van der Waals surface area contributed by atoms with Gasteiger partial charge in [0.1, 0.15) is 0 Å². The second kappa shape index (κ2) is 5.10. The van der Waals surface area contributed by atoms with Crippen LogP contribution in [0.25, 0.3) is 0 Å². The summed E-state index contributed by atoms with van der Waals surface area (Å²) in [5.41, 5.74) is 0.725. The number of benzene rings is 1. The van der Waals surface area contributed by atoms with Crippen molar-refractivity contribution in [3.8, 4) is 0 Å². The van der Waals surface area contributed by atoms with Gasteiger partial charge in [-0.3, -0.25) is 4.79 Å². The van der Waals surface area contributed by atoms with Crippen molar-refractivity contribution in [1.82, 2.24) is 5.32 Å². The third-order valence-electron chi connectivity index (χ3n) is 3.26. The Kier molecular flexibility index (Phi) is 3.74. The molecule has 1 saturated carbocycles. The minimum absolute atomic E-state index is 0.473. The molecule has 2 N–H and O–H groups in total. The molecule has 1 aromatic carbocycles. The predicted molar refractivity (Wildman–Crippen MR) is 69.2 cm³/mol. The molecule has 0 atom stereocenters. The Bertz CT molecular complexity index is 398. The highest BCUT2D eigenvalue weighted by Crippen LogP contribution is 2.45. The number of carboxylic acid groups (broad SMARTS) is 1. The molecule has 1 aliphatic rings. The van der Waals surface area contributed by atoms with Crippen LogP contribution in [0.15, 0.2) is 29.2 Å². The first kappa shape index (κ1) is 12.5. The molecule has 3 nitrogen and oxygen atoms in total. The van der Waals surface area contributed by atoms with Gasteiger partial charge in [-0.2, -0.15) is 0 Å². The zero-order valence-electron chi connectivity index (χ0n) is 9.90. The van der Waals surface area contributed by atoms with E-state index in [4.69, 9.17) is 5.11 Å². The molecule has 0 amide bonds. The van der Waals surface area contributed by atoms with E-state index in [0.717, 1.165) is 19.4 Å². The summed E-state index contributed by atoms with van der Waals surface area (Å²) in [6.07, 6.45) is 3.67. The summed E-state index contributed by atoms with van der Waals surface area (Å²) in [4.78, 5) is 12.2. The molecule has 1 fully saturated rings. The summed E-state index contributed by atoms with van der Waals surface area (Å²) in [7, 11) is 0. The normalized spacial score (nSPS) is 16.8. The van der Waals surface area contributed by atoms with E-state index in [1.54, 1.807) is 11.8 Å². The summed E-state index contributed by atoms with van der Waals surface area (Å²) in [5.74, 6) is -0.664. The first-order chi connectivity index (χ1) is 8.16. The van der Waals surface area contributed by atoms with Crippen molar-refractivity contribution in [1.29, 1.82) is 0 Å². The van der Waals surface area contributed by atoms with Gasteiger partial charge in [-0.1, -0.05) is 12.1 Å². The van der Waals surface area contributed by atoms with Gasteiger partial charge in [-0.05, 0) is 36.8 Å². The summed E-state index contributed by atoms with van der Waals surface area (Å²) >= 11 is 1.72. The van der Waals surface area contributed by atoms with Crippen molar-refractivity contribution < 1.29 is 9.90 Å². The lowest BCUT2D eigenvalue weighted by atomic mass is 10.1. The second-order valence-corrected chi connectivity index (χ2v) is 5.42. The lowest BCUT2D eigenvalue weighted by Crippen LogP contribution is -2.29. The van der Waals surface area contributed by atoms with E-state index in [-0.39, 0.29) is 0 Å². The molecular weight excluding hydrogens is 234 g/mol. The minimum Gasteiger partial charge on any atom is -0.481 e. The lowest BCUT2D eigenvalue weighted by molar-refractivity contribution is -0.143.